The zero-order valence-electron chi connectivity index (χ0n) is 17.7. The molecule has 0 saturated carbocycles. The minimum absolute atomic E-state index is 0.0841. The first-order valence-corrected chi connectivity index (χ1v) is 10.2. The lowest BCUT2D eigenvalue weighted by molar-refractivity contribution is 0.0694. The van der Waals surface area contributed by atoms with E-state index < -0.39 is 11.7 Å². The van der Waals surface area contributed by atoms with Gasteiger partial charge in [-0.05, 0) is 52.9 Å². The molecule has 166 valence electrons. The van der Waals surface area contributed by atoms with Crippen LogP contribution in [0.5, 0.6) is 28.7 Å². The fourth-order valence-corrected chi connectivity index (χ4v) is 3.92. The van der Waals surface area contributed by atoms with E-state index in [1.165, 1.54) is 13.2 Å². The maximum atomic E-state index is 12.0. The lowest BCUT2D eigenvalue weighted by Gasteiger charge is -2.16. The van der Waals surface area contributed by atoms with Crippen molar-refractivity contribution in [3.05, 3.63) is 77.9 Å². The molecule has 1 aliphatic heterocycles. The number of benzene rings is 4. The Kier molecular flexibility index (Phi) is 5.14. The van der Waals surface area contributed by atoms with Gasteiger partial charge in [0.1, 0.15) is 17.9 Å². The molecule has 1 heterocycles. The van der Waals surface area contributed by atoms with Gasteiger partial charge in [0.25, 0.3) is 0 Å². The molecular formula is C26H20O7. The smallest absolute Gasteiger partial charge is 0.340 e. The van der Waals surface area contributed by atoms with Crippen LogP contribution in [-0.4, -0.2) is 30.1 Å². The number of aromatic hydroxyl groups is 1. The van der Waals surface area contributed by atoms with Crippen LogP contribution < -0.4 is 18.9 Å². The Morgan fingerprint density at radius 1 is 0.970 bits per heavy atom. The predicted octanol–water partition coefficient (Wildman–Crippen LogP) is 5.23. The van der Waals surface area contributed by atoms with Gasteiger partial charge in [-0.3, -0.25) is 0 Å². The van der Waals surface area contributed by atoms with Crippen molar-refractivity contribution in [2.75, 3.05) is 13.9 Å². The van der Waals surface area contributed by atoms with Crippen LogP contribution in [0.1, 0.15) is 15.9 Å². The maximum absolute atomic E-state index is 12.0. The van der Waals surface area contributed by atoms with Crippen molar-refractivity contribution >= 4 is 16.7 Å². The molecule has 0 radical (unpaired) electrons. The van der Waals surface area contributed by atoms with Gasteiger partial charge in [0.15, 0.2) is 23.0 Å². The van der Waals surface area contributed by atoms with Gasteiger partial charge < -0.3 is 29.2 Å². The molecule has 0 atom stereocenters. The number of ether oxygens (including phenoxy) is 4. The van der Waals surface area contributed by atoms with E-state index in [1.807, 2.05) is 48.5 Å². The Balaban J connectivity index is 1.68. The molecule has 0 aliphatic carbocycles. The molecule has 4 aromatic rings. The molecule has 0 fully saturated rings. The number of carboxylic acids is 1. The average Bonchev–Trinajstić information content (AvgIpc) is 3.28. The van der Waals surface area contributed by atoms with Crippen LogP contribution in [0, 0.1) is 0 Å². The van der Waals surface area contributed by atoms with Crippen molar-refractivity contribution in [1.29, 1.82) is 0 Å². The van der Waals surface area contributed by atoms with Crippen LogP contribution in [0.15, 0.2) is 66.7 Å². The number of carboxylic acid groups (broad SMARTS) is 1. The number of aromatic carboxylic acids is 1. The molecule has 33 heavy (non-hydrogen) atoms. The van der Waals surface area contributed by atoms with Crippen LogP contribution >= 0.6 is 0 Å². The minimum Gasteiger partial charge on any atom is -0.504 e. The zero-order chi connectivity index (χ0) is 22.9. The van der Waals surface area contributed by atoms with Crippen LogP contribution in [0.3, 0.4) is 0 Å². The van der Waals surface area contributed by atoms with Crippen LogP contribution in [0.25, 0.3) is 21.9 Å². The first kappa shape index (κ1) is 20.5. The van der Waals surface area contributed by atoms with Crippen molar-refractivity contribution in [3.8, 4) is 39.9 Å². The Labute approximate surface area is 189 Å². The van der Waals surface area contributed by atoms with E-state index in [2.05, 4.69) is 0 Å². The first-order chi connectivity index (χ1) is 16.0. The summed E-state index contributed by atoms with van der Waals surface area (Å²) in [6.07, 6.45) is 0. The first-order valence-electron chi connectivity index (χ1n) is 10.2. The zero-order valence-corrected chi connectivity index (χ0v) is 17.7. The fourth-order valence-electron chi connectivity index (χ4n) is 3.92. The van der Waals surface area contributed by atoms with E-state index in [4.69, 9.17) is 18.9 Å². The second-order valence-electron chi connectivity index (χ2n) is 7.52. The van der Waals surface area contributed by atoms with Gasteiger partial charge in [-0.25, -0.2) is 4.79 Å². The Morgan fingerprint density at radius 3 is 2.45 bits per heavy atom. The normalized spacial score (nSPS) is 12.0. The number of hydrogen-bond donors (Lipinski definition) is 2. The third-order valence-corrected chi connectivity index (χ3v) is 5.53. The van der Waals surface area contributed by atoms with Gasteiger partial charge in [-0.1, -0.05) is 30.3 Å². The monoisotopic (exact) mass is 444 g/mol. The van der Waals surface area contributed by atoms with Crippen LogP contribution in [-0.2, 0) is 6.61 Å². The standard InChI is InChI=1S/C26H20O7/c1-30-20-8-7-18(24(25(20)27)26(28)29)16-9-17-11-22-23(33-14-32-22)12-19(17)21(10-16)31-13-15-5-3-2-4-6-15/h2-12,27H,13-14H2,1H3,(H,28,29). The number of fused-ring (bicyclic) bond motifs is 2. The summed E-state index contributed by atoms with van der Waals surface area (Å²) in [5.74, 6) is 0.161. The minimum atomic E-state index is -1.26. The van der Waals surface area contributed by atoms with Crippen LogP contribution in [0.4, 0.5) is 0 Å². The number of carbonyl (C=O) groups is 1. The summed E-state index contributed by atoms with van der Waals surface area (Å²) in [7, 11) is 1.37. The topological polar surface area (TPSA) is 94.5 Å². The van der Waals surface area contributed by atoms with E-state index in [1.54, 1.807) is 12.1 Å². The highest BCUT2D eigenvalue weighted by Crippen LogP contribution is 2.44. The second-order valence-corrected chi connectivity index (χ2v) is 7.52. The van der Waals surface area contributed by atoms with E-state index in [9.17, 15) is 15.0 Å². The molecule has 7 heteroatoms. The third-order valence-electron chi connectivity index (χ3n) is 5.53. The van der Waals surface area contributed by atoms with Gasteiger partial charge in [0.2, 0.25) is 6.79 Å². The SMILES string of the molecule is COc1ccc(-c2cc(OCc3ccccc3)c3cc4c(cc3c2)OCO4)c(C(=O)O)c1O. The van der Waals surface area contributed by atoms with E-state index in [-0.39, 0.29) is 18.1 Å². The molecule has 0 saturated heterocycles. The van der Waals surface area contributed by atoms with Crippen molar-refractivity contribution < 1.29 is 34.0 Å². The van der Waals surface area contributed by atoms with E-state index >= 15 is 0 Å². The molecule has 0 unspecified atom stereocenters. The van der Waals surface area contributed by atoms with Crippen molar-refractivity contribution in [3.63, 3.8) is 0 Å². The van der Waals surface area contributed by atoms with Crippen molar-refractivity contribution in [2.24, 2.45) is 0 Å². The summed E-state index contributed by atoms with van der Waals surface area (Å²) < 4.78 is 22.3. The van der Waals surface area contributed by atoms with Gasteiger partial charge in [-0.15, -0.1) is 0 Å². The van der Waals surface area contributed by atoms with E-state index in [0.29, 0.717) is 35.0 Å². The number of methoxy groups -OCH3 is 1. The summed E-state index contributed by atoms with van der Waals surface area (Å²) in [5.41, 5.74) is 1.65. The lowest BCUT2D eigenvalue weighted by Crippen LogP contribution is -2.02. The highest BCUT2D eigenvalue weighted by molar-refractivity contribution is 6.02. The lowest BCUT2D eigenvalue weighted by atomic mass is 9.95. The quantitative estimate of drug-likeness (QED) is 0.421. The van der Waals surface area contributed by atoms with Gasteiger partial charge in [-0.2, -0.15) is 0 Å². The highest BCUT2D eigenvalue weighted by atomic mass is 16.7. The summed E-state index contributed by atoms with van der Waals surface area (Å²) in [5, 5.41) is 21.9. The third kappa shape index (κ3) is 3.74. The van der Waals surface area contributed by atoms with Crippen molar-refractivity contribution in [2.45, 2.75) is 6.61 Å². The molecule has 2 N–H and O–H groups in total. The maximum Gasteiger partial charge on any atom is 0.340 e. The Hall–Kier alpha value is -4.39. The summed E-state index contributed by atoms with van der Waals surface area (Å²) in [6, 6.07) is 20.2. The number of rotatable bonds is 6. The fraction of sp³-hybridized carbons (Fsp3) is 0.115. The van der Waals surface area contributed by atoms with Gasteiger partial charge in [0.05, 0.1) is 7.11 Å². The molecule has 0 spiro atoms. The molecule has 0 aromatic heterocycles. The number of phenols is 1. The van der Waals surface area contributed by atoms with Crippen LogP contribution in [0.2, 0.25) is 0 Å². The summed E-state index contributed by atoms with van der Waals surface area (Å²) in [6.45, 7) is 0.460. The summed E-state index contributed by atoms with van der Waals surface area (Å²) >= 11 is 0. The highest BCUT2D eigenvalue weighted by Gasteiger charge is 2.23. The van der Waals surface area contributed by atoms with Gasteiger partial charge in [0, 0.05) is 10.9 Å². The van der Waals surface area contributed by atoms with E-state index in [0.717, 1.165) is 16.3 Å². The molecule has 0 bridgehead atoms. The average molecular weight is 444 g/mol. The second kappa shape index (κ2) is 8.27. The van der Waals surface area contributed by atoms with Gasteiger partial charge >= 0.3 is 5.97 Å². The Bertz CT molecular complexity index is 1360. The largest absolute Gasteiger partial charge is 0.504 e. The summed E-state index contributed by atoms with van der Waals surface area (Å²) in [4.78, 5) is 12.0. The van der Waals surface area contributed by atoms with Crippen molar-refractivity contribution in [1.82, 2.24) is 0 Å². The molecule has 4 aromatic carbocycles. The molecular weight excluding hydrogens is 424 g/mol. The predicted molar refractivity (Wildman–Crippen MR) is 121 cm³/mol. The molecule has 7 nitrogen and oxygen atoms in total. The molecule has 5 rings (SSSR count). The molecule has 0 amide bonds. The number of hydrogen-bond acceptors (Lipinski definition) is 6. The Morgan fingerprint density at radius 2 is 1.73 bits per heavy atom. The molecule has 1 aliphatic rings.